The molecule has 3 heteroatoms. The Labute approximate surface area is 112 Å². The van der Waals surface area contributed by atoms with Crippen molar-refractivity contribution in [2.75, 3.05) is 13.2 Å². The van der Waals surface area contributed by atoms with Gasteiger partial charge >= 0.3 is 0 Å². The summed E-state index contributed by atoms with van der Waals surface area (Å²) in [7, 11) is 0. The van der Waals surface area contributed by atoms with Gasteiger partial charge in [0.05, 0.1) is 0 Å². The lowest BCUT2D eigenvalue weighted by atomic mass is 10.1. The van der Waals surface area contributed by atoms with Crippen molar-refractivity contribution in [3.05, 3.63) is 46.8 Å². The number of thiophene rings is 1. The molecule has 96 valence electrons. The monoisotopic (exact) mass is 261 g/mol. The predicted molar refractivity (Wildman–Crippen MR) is 77.9 cm³/mol. The van der Waals surface area contributed by atoms with Gasteiger partial charge in [0.25, 0.3) is 0 Å². The molecule has 18 heavy (non-hydrogen) atoms. The Morgan fingerprint density at radius 2 is 1.89 bits per heavy atom. The van der Waals surface area contributed by atoms with Gasteiger partial charge in [-0.1, -0.05) is 29.8 Å². The molecule has 2 aromatic rings. The summed E-state index contributed by atoms with van der Waals surface area (Å²) in [6.45, 7) is 4.12. The lowest BCUT2D eigenvalue weighted by Gasteiger charge is -2.00. The Morgan fingerprint density at radius 3 is 2.61 bits per heavy atom. The molecule has 1 aromatic heterocycles. The second-order valence-corrected chi connectivity index (χ2v) is 5.55. The molecule has 1 heterocycles. The molecular formula is C15H19NOS. The average Bonchev–Trinajstić information content (AvgIpc) is 2.84. The van der Waals surface area contributed by atoms with Gasteiger partial charge in [-0.25, -0.2) is 0 Å². The van der Waals surface area contributed by atoms with Crippen LogP contribution in [0.5, 0.6) is 0 Å². The molecule has 0 amide bonds. The normalized spacial score (nSPS) is 10.8. The van der Waals surface area contributed by atoms with E-state index in [2.05, 4.69) is 48.6 Å². The molecule has 0 spiro atoms. The van der Waals surface area contributed by atoms with Gasteiger partial charge in [0.15, 0.2) is 0 Å². The lowest BCUT2D eigenvalue weighted by molar-refractivity contribution is 0.286. The molecule has 0 unspecified atom stereocenters. The van der Waals surface area contributed by atoms with E-state index in [-0.39, 0.29) is 6.61 Å². The van der Waals surface area contributed by atoms with Gasteiger partial charge in [0.1, 0.15) is 0 Å². The number of aryl methyl sites for hydroxylation is 1. The fourth-order valence-electron chi connectivity index (χ4n) is 1.76. The first-order valence-electron chi connectivity index (χ1n) is 6.27. The van der Waals surface area contributed by atoms with Crippen LogP contribution in [0.25, 0.3) is 10.4 Å². The van der Waals surface area contributed by atoms with E-state index in [0.29, 0.717) is 0 Å². The Hall–Kier alpha value is -1.16. The van der Waals surface area contributed by atoms with Gasteiger partial charge < -0.3 is 10.4 Å². The van der Waals surface area contributed by atoms with Gasteiger partial charge in [-0.15, -0.1) is 11.3 Å². The standard InChI is InChI=1S/C15H19NOS/c1-12-3-5-13(6-4-12)15-8-7-14(18-15)11-16-9-2-10-17/h3-8,16-17H,2,9-11H2,1H3. The minimum absolute atomic E-state index is 0.256. The Balaban J connectivity index is 1.95. The lowest BCUT2D eigenvalue weighted by Crippen LogP contribution is -2.14. The van der Waals surface area contributed by atoms with Crippen LogP contribution >= 0.6 is 11.3 Å². The molecule has 2 rings (SSSR count). The molecule has 1 aromatic carbocycles. The molecule has 0 aliphatic carbocycles. The topological polar surface area (TPSA) is 32.3 Å². The van der Waals surface area contributed by atoms with Gasteiger partial charge in [-0.2, -0.15) is 0 Å². The van der Waals surface area contributed by atoms with E-state index < -0.39 is 0 Å². The molecule has 0 bridgehead atoms. The zero-order valence-corrected chi connectivity index (χ0v) is 11.5. The van der Waals surface area contributed by atoms with Crippen molar-refractivity contribution in [1.82, 2.24) is 5.32 Å². The molecule has 2 nitrogen and oxygen atoms in total. The number of hydrogen-bond acceptors (Lipinski definition) is 3. The van der Waals surface area contributed by atoms with Crippen molar-refractivity contribution < 1.29 is 5.11 Å². The van der Waals surface area contributed by atoms with Crippen molar-refractivity contribution in [3.8, 4) is 10.4 Å². The van der Waals surface area contributed by atoms with E-state index >= 15 is 0 Å². The molecular weight excluding hydrogens is 242 g/mol. The number of hydrogen-bond donors (Lipinski definition) is 2. The fourth-order valence-corrected chi connectivity index (χ4v) is 2.74. The Morgan fingerprint density at radius 1 is 1.11 bits per heavy atom. The van der Waals surface area contributed by atoms with Crippen LogP contribution in [0.4, 0.5) is 0 Å². The predicted octanol–water partition coefficient (Wildman–Crippen LogP) is 3.20. The summed E-state index contributed by atoms with van der Waals surface area (Å²) in [5.74, 6) is 0. The second-order valence-electron chi connectivity index (χ2n) is 4.39. The number of benzene rings is 1. The summed E-state index contributed by atoms with van der Waals surface area (Å²) in [5, 5.41) is 12.0. The van der Waals surface area contributed by atoms with Crippen LogP contribution in [0.1, 0.15) is 16.9 Å². The average molecular weight is 261 g/mol. The molecule has 0 atom stereocenters. The Kier molecular flexibility index (Phi) is 4.93. The largest absolute Gasteiger partial charge is 0.396 e. The van der Waals surface area contributed by atoms with Crippen molar-refractivity contribution in [3.63, 3.8) is 0 Å². The summed E-state index contributed by atoms with van der Waals surface area (Å²) < 4.78 is 0. The van der Waals surface area contributed by atoms with E-state index in [1.807, 2.05) is 11.3 Å². The van der Waals surface area contributed by atoms with Gasteiger partial charge in [-0.05, 0) is 37.6 Å². The van der Waals surface area contributed by atoms with Crippen molar-refractivity contribution in [2.45, 2.75) is 19.9 Å². The highest BCUT2D eigenvalue weighted by Gasteiger charge is 2.02. The molecule has 0 aliphatic rings. The van der Waals surface area contributed by atoms with E-state index in [9.17, 15) is 0 Å². The zero-order chi connectivity index (χ0) is 12.8. The molecule has 0 saturated carbocycles. The highest BCUT2D eigenvalue weighted by molar-refractivity contribution is 7.15. The summed E-state index contributed by atoms with van der Waals surface area (Å²) in [6.07, 6.45) is 0.816. The van der Waals surface area contributed by atoms with Crippen molar-refractivity contribution in [2.24, 2.45) is 0 Å². The first-order chi connectivity index (χ1) is 8.79. The summed E-state index contributed by atoms with van der Waals surface area (Å²) in [6, 6.07) is 13.0. The summed E-state index contributed by atoms with van der Waals surface area (Å²) in [4.78, 5) is 2.65. The van der Waals surface area contributed by atoms with Crippen LogP contribution in [-0.4, -0.2) is 18.3 Å². The molecule has 0 saturated heterocycles. The van der Waals surface area contributed by atoms with Crippen LogP contribution in [0.2, 0.25) is 0 Å². The van der Waals surface area contributed by atoms with E-state index in [1.54, 1.807) is 0 Å². The molecule has 0 aliphatic heterocycles. The molecule has 2 N–H and O–H groups in total. The summed E-state index contributed by atoms with van der Waals surface area (Å²) >= 11 is 1.82. The third kappa shape index (κ3) is 3.67. The SMILES string of the molecule is Cc1ccc(-c2ccc(CNCCCO)s2)cc1. The highest BCUT2D eigenvalue weighted by atomic mass is 32.1. The third-order valence-corrected chi connectivity index (χ3v) is 3.94. The molecule has 0 radical (unpaired) electrons. The van der Waals surface area contributed by atoms with E-state index in [0.717, 1.165) is 19.5 Å². The van der Waals surface area contributed by atoms with Crippen molar-refractivity contribution in [1.29, 1.82) is 0 Å². The first kappa shape index (κ1) is 13.3. The number of rotatable bonds is 6. The molecule has 0 fully saturated rings. The number of aliphatic hydroxyl groups excluding tert-OH is 1. The fraction of sp³-hybridized carbons (Fsp3) is 0.333. The van der Waals surface area contributed by atoms with Gasteiger partial charge in [-0.3, -0.25) is 0 Å². The number of aliphatic hydroxyl groups is 1. The maximum absolute atomic E-state index is 8.70. The van der Waals surface area contributed by atoms with Crippen LogP contribution in [-0.2, 0) is 6.54 Å². The summed E-state index contributed by atoms with van der Waals surface area (Å²) in [5.41, 5.74) is 2.58. The maximum atomic E-state index is 8.70. The first-order valence-corrected chi connectivity index (χ1v) is 7.08. The maximum Gasteiger partial charge on any atom is 0.0443 e. The van der Waals surface area contributed by atoms with Crippen LogP contribution in [0.3, 0.4) is 0 Å². The van der Waals surface area contributed by atoms with E-state index in [4.69, 9.17) is 5.11 Å². The smallest absolute Gasteiger partial charge is 0.0443 e. The zero-order valence-electron chi connectivity index (χ0n) is 10.6. The highest BCUT2D eigenvalue weighted by Crippen LogP contribution is 2.28. The second kappa shape index (κ2) is 6.69. The minimum atomic E-state index is 0.256. The van der Waals surface area contributed by atoms with Gasteiger partial charge in [0, 0.05) is 22.9 Å². The Bertz CT molecular complexity index is 475. The minimum Gasteiger partial charge on any atom is -0.396 e. The van der Waals surface area contributed by atoms with E-state index in [1.165, 1.54) is 20.9 Å². The van der Waals surface area contributed by atoms with Crippen LogP contribution < -0.4 is 5.32 Å². The quantitative estimate of drug-likeness (QED) is 0.783. The van der Waals surface area contributed by atoms with Crippen LogP contribution in [0, 0.1) is 6.92 Å². The van der Waals surface area contributed by atoms with Crippen LogP contribution in [0.15, 0.2) is 36.4 Å². The third-order valence-electron chi connectivity index (χ3n) is 2.81. The number of nitrogens with one attached hydrogen (secondary N) is 1. The van der Waals surface area contributed by atoms with Gasteiger partial charge in [0.2, 0.25) is 0 Å². The van der Waals surface area contributed by atoms with Crippen molar-refractivity contribution >= 4 is 11.3 Å².